The maximum atomic E-state index is 13.1. The summed E-state index contributed by atoms with van der Waals surface area (Å²) >= 11 is 0. The summed E-state index contributed by atoms with van der Waals surface area (Å²) in [5.74, 6) is -0.405. The summed E-state index contributed by atoms with van der Waals surface area (Å²) in [6.45, 7) is 0.373. The summed E-state index contributed by atoms with van der Waals surface area (Å²) in [4.78, 5) is 26.2. The van der Waals surface area contributed by atoms with Crippen LogP contribution in [0.5, 0.6) is 5.75 Å². The molecule has 8 nitrogen and oxygen atoms in total. The van der Waals surface area contributed by atoms with Crippen LogP contribution in [0, 0.1) is 0 Å². The first-order chi connectivity index (χ1) is 16.9. The number of carbonyl (C=O) groups is 2. The molecule has 1 aliphatic heterocycles. The van der Waals surface area contributed by atoms with Gasteiger partial charge >= 0.3 is 5.97 Å². The predicted octanol–water partition coefficient (Wildman–Crippen LogP) is 2.94. The fourth-order valence-corrected chi connectivity index (χ4v) is 5.35. The number of benzene rings is 3. The molecule has 1 amide bonds. The maximum absolute atomic E-state index is 13.1. The second-order valence-electron chi connectivity index (χ2n) is 7.98. The molecule has 0 saturated carbocycles. The Morgan fingerprint density at radius 1 is 0.914 bits per heavy atom. The van der Waals surface area contributed by atoms with Gasteiger partial charge in [0.1, 0.15) is 5.75 Å². The summed E-state index contributed by atoms with van der Waals surface area (Å²) in [5.41, 5.74) is 0.710. The van der Waals surface area contributed by atoms with Crippen molar-refractivity contribution < 1.29 is 27.5 Å². The second kappa shape index (κ2) is 10.7. The van der Waals surface area contributed by atoms with Gasteiger partial charge in [0.2, 0.25) is 10.0 Å². The lowest BCUT2D eigenvalue weighted by Gasteiger charge is -2.33. The van der Waals surface area contributed by atoms with Crippen LogP contribution in [0.1, 0.15) is 5.56 Å². The number of hydrogen-bond donors (Lipinski definition) is 0. The number of methoxy groups -OCH3 is 1. The van der Waals surface area contributed by atoms with Gasteiger partial charge in [-0.2, -0.15) is 4.31 Å². The molecule has 0 atom stereocenters. The van der Waals surface area contributed by atoms with E-state index in [9.17, 15) is 18.0 Å². The number of piperazine rings is 1. The summed E-state index contributed by atoms with van der Waals surface area (Å²) in [6.07, 6.45) is 2.79. The number of sulfonamides is 1. The summed E-state index contributed by atoms with van der Waals surface area (Å²) in [7, 11) is -2.14. The quantitative estimate of drug-likeness (QED) is 0.370. The van der Waals surface area contributed by atoms with Crippen molar-refractivity contribution in [3.8, 4) is 5.75 Å². The molecule has 9 heteroatoms. The summed E-state index contributed by atoms with van der Waals surface area (Å²) in [5, 5.41) is 1.82. The predicted molar refractivity (Wildman–Crippen MR) is 132 cm³/mol. The third-order valence-corrected chi connectivity index (χ3v) is 7.72. The van der Waals surface area contributed by atoms with Crippen molar-refractivity contribution >= 4 is 38.7 Å². The fraction of sp³-hybridized carbons (Fsp3) is 0.231. The second-order valence-corrected chi connectivity index (χ2v) is 9.91. The average Bonchev–Trinajstić information content (AvgIpc) is 2.90. The first-order valence-corrected chi connectivity index (χ1v) is 12.6. The molecule has 1 saturated heterocycles. The zero-order valence-electron chi connectivity index (χ0n) is 19.3. The normalized spacial score (nSPS) is 14.8. The third kappa shape index (κ3) is 5.70. The van der Waals surface area contributed by atoms with Crippen LogP contribution >= 0.6 is 0 Å². The maximum Gasteiger partial charge on any atom is 0.331 e. The first kappa shape index (κ1) is 24.4. The van der Waals surface area contributed by atoms with E-state index in [1.165, 1.54) is 22.4 Å². The average molecular weight is 495 g/mol. The Morgan fingerprint density at radius 2 is 1.60 bits per heavy atom. The van der Waals surface area contributed by atoms with E-state index >= 15 is 0 Å². The molecule has 0 spiro atoms. The number of para-hydroxylation sites is 1. The molecule has 0 bridgehead atoms. The largest absolute Gasteiger partial charge is 0.496 e. The Kier molecular flexibility index (Phi) is 7.48. The zero-order valence-corrected chi connectivity index (χ0v) is 20.1. The van der Waals surface area contributed by atoms with E-state index in [-0.39, 0.29) is 37.0 Å². The number of esters is 1. The fourth-order valence-electron chi connectivity index (χ4n) is 3.89. The minimum Gasteiger partial charge on any atom is -0.496 e. The minimum atomic E-state index is -3.68. The van der Waals surface area contributed by atoms with Gasteiger partial charge in [0, 0.05) is 37.8 Å². The lowest BCUT2D eigenvalue weighted by atomic mass is 10.1. The number of ether oxygens (including phenoxy) is 2. The standard InChI is InChI=1S/C26H26N2O6S/c1-33-24-9-5-4-7-21(24)11-13-26(30)34-19-25(29)27-14-16-28(17-15-27)35(31,32)23-12-10-20-6-2-3-8-22(20)18-23/h2-13,18H,14-17,19H2,1H3/b13-11+. The van der Waals surface area contributed by atoms with E-state index in [2.05, 4.69) is 0 Å². The minimum absolute atomic E-state index is 0.169. The van der Waals surface area contributed by atoms with Gasteiger partial charge in [-0.25, -0.2) is 13.2 Å². The van der Waals surface area contributed by atoms with Crippen molar-refractivity contribution in [3.05, 3.63) is 78.4 Å². The number of carbonyl (C=O) groups excluding carboxylic acids is 2. The summed E-state index contributed by atoms with van der Waals surface area (Å²) < 4.78 is 37.9. The van der Waals surface area contributed by atoms with Crippen LogP contribution in [0.25, 0.3) is 16.8 Å². The molecule has 0 unspecified atom stereocenters. The van der Waals surface area contributed by atoms with E-state index in [0.717, 1.165) is 10.8 Å². The van der Waals surface area contributed by atoms with Crippen molar-refractivity contribution in [3.63, 3.8) is 0 Å². The summed E-state index contributed by atoms with van der Waals surface area (Å²) in [6, 6.07) is 19.8. The van der Waals surface area contributed by atoms with Gasteiger partial charge in [0.15, 0.2) is 6.61 Å². The molecule has 35 heavy (non-hydrogen) atoms. The SMILES string of the molecule is COc1ccccc1/C=C/C(=O)OCC(=O)N1CCN(S(=O)(=O)c2ccc3ccccc3c2)CC1. The van der Waals surface area contributed by atoms with Crippen molar-refractivity contribution in [2.45, 2.75) is 4.90 Å². The van der Waals surface area contributed by atoms with Gasteiger partial charge in [-0.15, -0.1) is 0 Å². The highest BCUT2D eigenvalue weighted by Gasteiger charge is 2.30. The van der Waals surface area contributed by atoms with Crippen LogP contribution in [0.15, 0.2) is 77.7 Å². The van der Waals surface area contributed by atoms with E-state index in [4.69, 9.17) is 9.47 Å². The van der Waals surface area contributed by atoms with Crippen molar-refractivity contribution in [2.75, 3.05) is 39.9 Å². The Hall–Kier alpha value is -3.69. The lowest BCUT2D eigenvalue weighted by molar-refractivity contribution is -0.148. The molecule has 1 heterocycles. The monoisotopic (exact) mass is 494 g/mol. The van der Waals surface area contributed by atoms with Crippen LogP contribution in [0.4, 0.5) is 0 Å². The van der Waals surface area contributed by atoms with E-state index in [0.29, 0.717) is 11.3 Å². The highest BCUT2D eigenvalue weighted by Crippen LogP contribution is 2.23. The molecule has 1 fully saturated rings. The smallest absolute Gasteiger partial charge is 0.331 e. The molecule has 0 aliphatic carbocycles. The van der Waals surface area contributed by atoms with Crippen molar-refractivity contribution in [1.82, 2.24) is 9.21 Å². The third-order valence-electron chi connectivity index (χ3n) is 5.83. The molecular formula is C26H26N2O6S. The van der Waals surface area contributed by atoms with E-state index in [1.54, 1.807) is 36.4 Å². The Labute approximate surface area is 204 Å². The van der Waals surface area contributed by atoms with E-state index in [1.807, 2.05) is 36.4 Å². The van der Waals surface area contributed by atoms with Gasteiger partial charge < -0.3 is 14.4 Å². The van der Waals surface area contributed by atoms with Crippen LogP contribution in [-0.2, 0) is 24.3 Å². The van der Waals surface area contributed by atoms with Gasteiger partial charge in [-0.3, -0.25) is 4.79 Å². The lowest BCUT2D eigenvalue weighted by Crippen LogP contribution is -2.51. The van der Waals surface area contributed by atoms with Crippen LogP contribution < -0.4 is 4.74 Å². The highest BCUT2D eigenvalue weighted by atomic mass is 32.2. The topological polar surface area (TPSA) is 93.2 Å². The number of hydrogen-bond acceptors (Lipinski definition) is 6. The number of amides is 1. The highest BCUT2D eigenvalue weighted by molar-refractivity contribution is 7.89. The van der Waals surface area contributed by atoms with Gasteiger partial charge in [-0.05, 0) is 35.0 Å². The molecule has 0 radical (unpaired) electrons. The van der Waals surface area contributed by atoms with Gasteiger partial charge in [0.25, 0.3) is 5.91 Å². The number of rotatable bonds is 7. The zero-order chi connectivity index (χ0) is 24.8. The number of nitrogens with zero attached hydrogens (tertiary/aromatic N) is 2. The molecule has 3 aromatic rings. The van der Waals surface area contributed by atoms with Gasteiger partial charge in [-0.1, -0.05) is 48.5 Å². The molecule has 0 N–H and O–H groups in total. The Bertz CT molecular complexity index is 1360. The van der Waals surface area contributed by atoms with E-state index < -0.39 is 22.6 Å². The molecule has 1 aliphatic rings. The molecular weight excluding hydrogens is 468 g/mol. The first-order valence-electron chi connectivity index (χ1n) is 11.1. The van der Waals surface area contributed by atoms with Crippen molar-refractivity contribution in [2.24, 2.45) is 0 Å². The van der Waals surface area contributed by atoms with Gasteiger partial charge in [0.05, 0.1) is 12.0 Å². The van der Waals surface area contributed by atoms with Crippen LogP contribution in [0.2, 0.25) is 0 Å². The number of fused-ring (bicyclic) bond motifs is 1. The Balaban J connectivity index is 1.29. The molecule has 3 aromatic carbocycles. The van der Waals surface area contributed by atoms with Crippen molar-refractivity contribution in [1.29, 1.82) is 0 Å². The molecule has 4 rings (SSSR count). The molecule has 0 aromatic heterocycles. The molecule has 182 valence electrons. The Morgan fingerprint density at radius 3 is 2.34 bits per heavy atom. The van der Waals surface area contributed by atoms with Crippen LogP contribution in [0.3, 0.4) is 0 Å². The van der Waals surface area contributed by atoms with Crippen LogP contribution in [-0.4, -0.2) is 69.4 Å².